The molecule has 0 N–H and O–H groups in total. The number of nitrogens with zero attached hydrogens (tertiary/aromatic N) is 2. The minimum absolute atomic E-state index is 0.0201. The van der Waals surface area contributed by atoms with Crippen molar-refractivity contribution in [2.24, 2.45) is 0 Å². The molecule has 5 heteroatoms. The molecule has 1 aliphatic rings. The van der Waals surface area contributed by atoms with Crippen molar-refractivity contribution in [1.82, 2.24) is 9.88 Å². The lowest BCUT2D eigenvalue weighted by atomic mass is 10.1. The van der Waals surface area contributed by atoms with Gasteiger partial charge in [-0.25, -0.2) is 0 Å². The number of rotatable bonds is 7. The molecule has 2 aromatic rings. The normalized spacial score (nSPS) is 17.0. The number of unbranched alkanes of at least 4 members (excludes halogenated alkanes) is 1. The summed E-state index contributed by atoms with van der Waals surface area (Å²) in [5, 5.41) is 0. The Bertz CT molecular complexity index is 688. The first-order valence-corrected chi connectivity index (χ1v) is 9.35. The summed E-state index contributed by atoms with van der Waals surface area (Å²) in [5.41, 5.74) is 0.692. The van der Waals surface area contributed by atoms with Gasteiger partial charge in [-0.2, -0.15) is 0 Å². The van der Waals surface area contributed by atoms with Crippen LogP contribution in [0.5, 0.6) is 11.5 Å². The smallest absolute Gasteiger partial charge is 0.253 e. The highest BCUT2D eigenvalue weighted by Crippen LogP contribution is 2.20. The molecule has 2 heterocycles. The zero-order valence-corrected chi connectivity index (χ0v) is 15.3. The number of hydrogen-bond acceptors (Lipinski definition) is 4. The Kier molecular flexibility index (Phi) is 6.47. The third-order valence-electron chi connectivity index (χ3n) is 4.49. The van der Waals surface area contributed by atoms with Gasteiger partial charge in [0.25, 0.3) is 5.91 Å². The van der Waals surface area contributed by atoms with E-state index in [1.54, 1.807) is 12.4 Å². The lowest BCUT2D eigenvalue weighted by molar-refractivity contribution is 0.0537. The van der Waals surface area contributed by atoms with E-state index in [0.717, 1.165) is 43.7 Å². The molecule has 0 bridgehead atoms. The summed E-state index contributed by atoms with van der Waals surface area (Å²) < 4.78 is 11.7. The van der Waals surface area contributed by atoms with Crippen molar-refractivity contribution in [3.05, 3.63) is 54.4 Å². The number of piperidine rings is 1. The summed E-state index contributed by atoms with van der Waals surface area (Å²) in [7, 11) is 0. The second kappa shape index (κ2) is 9.22. The maximum Gasteiger partial charge on any atom is 0.253 e. The SMILES string of the molecule is CCCCOc1ccc(C(=O)N2CCCC(Oc3ccncc3)C2)cc1. The average molecular weight is 354 g/mol. The Balaban J connectivity index is 1.56. The summed E-state index contributed by atoms with van der Waals surface area (Å²) in [6.07, 6.45) is 7.49. The minimum atomic E-state index is 0.0201. The monoisotopic (exact) mass is 354 g/mol. The maximum atomic E-state index is 12.8. The molecule has 1 atom stereocenters. The molecule has 0 radical (unpaired) electrons. The van der Waals surface area contributed by atoms with Crippen LogP contribution >= 0.6 is 0 Å². The predicted octanol–water partition coefficient (Wildman–Crippen LogP) is 3.94. The van der Waals surface area contributed by atoms with Crippen molar-refractivity contribution in [3.8, 4) is 11.5 Å². The van der Waals surface area contributed by atoms with Crippen LogP contribution in [0.15, 0.2) is 48.8 Å². The summed E-state index contributed by atoms with van der Waals surface area (Å²) >= 11 is 0. The second-order valence-electron chi connectivity index (χ2n) is 6.54. The molecule has 1 saturated heterocycles. The zero-order chi connectivity index (χ0) is 18.2. The van der Waals surface area contributed by atoms with Crippen molar-refractivity contribution in [2.75, 3.05) is 19.7 Å². The number of carbonyl (C=O) groups is 1. The van der Waals surface area contributed by atoms with Crippen molar-refractivity contribution in [3.63, 3.8) is 0 Å². The van der Waals surface area contributed by atoms with Gasteiger partial charge in [-0.05, 0) is 55.7 Å². The van der Waals surface area contributed by atoms with E-state index in [9.17, 15) is 4.79 Å². The van der Waals surface area contributed by atoms with E-state index in [1.165, 1.54) is 0 Å². The van der Waals surface area contributed by atoms with Crippen LogP contribution in [-0.2, 0) is 0 Å². The molecular formula is C21H26N2O3. The lowest BCUT2D eigenvalue weighted by Crippen LogP contribution is -2.44. The van der Waals surface area contributed by atoms with Gasteiger partial charge >= 0.3 is 0 Å². The minimum Gasteiger partial charge on any atom is -0.494 e. The summed E-state index contributed by atoms with van der Waals surface area (Å²) in [6.45, 7) is 4.22. The summed E-state index contributed by atoms with van der Waals surface area (Å²) in [4.78, 5) is 18.7. The Labute approximate surface area is 155 Å². The standard InChI is InChI=1S/C21H26N2O3/c1-2-3-15-25-18-8-6-17(7-9-18)21(24)23-14-4-5-20(16-23)26-19-10-12-22-13-11-19/h6-13,20H,2-5,14-16H2,1H3. The fraction of sp³-hybridized carbons (Fsp3) is 0.429. The number of aromatic nitrogens is 1. The molecule has 3 rings (SSSR count). The zero-order valence-electron chi connectivity index (χ0n) is 15.3. The fourth-order valence-electron chi connectivity index (χ4n) is 3.04. The van der Waals surface area contributed by atoms with Gasteiger partial charge in [0, 0.05) is 24.5 Å². The Morgan fingerprint density at radius 2 is 1.92 bits per heavy atom. The number of pyridine rings is 1. The van der Waals surface area contributed by atoms with Crippen molar-refractivity contribution in [1.29, 1.82) is 0 Å². The second-order valence-corrected chi connectivity index (χ2v) is 6.54. The molecule has 5 nitrogen and oxygen atoms in total. The number of likely N-dealkylation sites (tertiary alicyclic amines) is 1. The molecule has 0 aliphatic carbocycles. The molecule has 1 fully saturated rings. The van der Waals surface area contributed by atoms with Crippen LogP contribution in [0, 0.1) is 0 Å². The van der Waals surface area contributed by atoms with Gasteiger partial charge in [-0.3, -0.25) is 9.78 Å². The topological polar surface area (TPSA) is 51.7 Å². The molecule has 1 aliphatic heterocycles. The number of hydrogen-bond donors (Lipinski definition) is 0. The average Bonchev–Trinajstić information content (AvgIpc) is 2.69. The largest absolute Gasteiger partial charge is 0.494 e. The Morgan fingerprint density at radius 3 is 2.65 bits per heavy atom. The van der Waals surface area contributed by atoms with Crippen molar-refractivity contribution < 1.29 is 14.3 Å². The van der Waals surface area contributed by atoms with E-state index in [2.05, 4.69) is 11.9 Å². The van der Waals surface area contributed by atoms with E-state index < -0.39 is 0 Å². The van der Waals surface area contributed by atoms with Crippen LogP contribution in [0.1, 0.15) is 43.0 Å². The summed E-state index contributed by atoms with van der Waals surface area (Å²) in [6, 6.07) is 11.1. The number of amides is 1. The molecule has 138 valence electrons. The van der Waals surface area contributed by atoms with E-state index in [1.807, 2.05) is 41.3 Å². The molecule has 26 heavy (non-hydrogen) atoms. The first kappa shape index (κ1) is 18.2. The highest BCUT2D eigenvalue weighted by Gasteiger charge is 2.25. The van der Waals surface area contributed by atoms with Crippen molar-refractivity contribution >= 4 is 5.91 Å². The first-order valence-electron chi connectivity index (χ1n) is 9.35. The molecule has 0 saturated carbocycles. The van der Waals surface area contributed by atoms with Crippen LogP contribution in [0.4, 0.5) is 0 Å². The predicted molar refractivity (Wildman–Crippen MR) is 101 cm³/mol. The quantitative estimate of drug-likeness (QED) is 0.707. The van der Waals surface area contributed by atoms with E-state index in [0.29, 0.717) is 18.7 Å². The highest BCUT2D eigenvalue weighted by atomic mass is 16.5. The van der Waals surface area contributed by atoms with Gasteiger partial charge < -0.3 is 14.4 Å². The Morgan fingerprint density at radius 1 is 1.15 bits per heavy atom. The third-order valence-corrected chi connectivity index (χ3v) is 4.49. The van der Waals surface area contributed by atoms with Crippen LogP contribution in [0.3, 0.4) is 0 Å². The van der Waals surface area contributed by atoms with Gasteiger partial charge in [0.05, 0.1) is 13.2 Å². The highest BCUT2D eigenvalue weighted by molar-refractivity contribution is 5.94. The van der Waals surface area contributed by atoms with Crippen LogP contribution in [-0.4, -0.2) is 41.6 Å². The van der Waals surface area contributed by atoms with Crippen LogP contribution < -0.4 is 9.47 Å². The van der Waals surface area contributed by atoms with Gasteiger partial charge in [0.1, 0.15) is 17.6 Å². The number of ether oxygens (including phenoxy) is 2. The molecular weight excluding hydrogens is 328 g/mol. The summed E-state index contributed by atoms with van der Waals surface area (Å²) in [5.74, 6) is 1.66. The van der Waals surface area contributed by atoms with Gasteiger partial charge in [0.2, 0.25) is 0 Å². The number of carbonyl (C=O) groups excluding carboxylic acids is 1. The van der Waals surface area contributed by atoms with Crippen LogP contribution in [0.2, 0.25) is 0 Å². The lowest BCUT2D eigenvalue weighted by Gasteiger charge is -2.33. The third kappa shape index (κ3) is 4.97. The van der Waals surface area contributed by atoms with Gasteiger partial charge in [0.15, 0.2) is 0 Å². The van der Waals surface area contributed by atoms with Crippen LogP contribution in [0.25, 0.3) is 0 Å². The van der Waals surface area contributed by atoms with E-state index >= 15 is 0 Å². The fourth-order valence-corrected chi connectivity index (χ4v) is 3.04. The van der Waals surface area contributed by atoms with Gasteiger partial charge in [-0.15, -0.1) is 0 Å². The Hall–Kier alpha value is -2.56. The van der Waals surface area contributed by atoms with Crippen molar-refractivity contribution in [2.45, 2.75) is 38.7 Å². The molecule has 1 aromatic carbocycles. The molecule has 1 unspecified atom stereocenters. The molecule has 1 amide bonds. The molecule has 0 spiro atoms. The van der Waals surface area contributed by atoms with E-state index in [4.69, 9.17) is 9.47 Å². The maximum absolute atomic E-state index is 12.8. The number of benzene rings is 1. The molecule has 1 aromatic heterocycles. The van der Waals surface area contributed by atoms with E-state index in [-0.39, 0.29) is 12.0 Å². The first-order chi connectivity index (χ1) is 12.8. The van der Waals surface area contributed by atoms with Gasteiger partial charge in [-0.1, -0.05) is 13.3 Å².